The second kappa shape index (κ2) is 6.79. The molecule has 30 heavy (non-hydrogen) atoms. The molecule has 7 heteroatoms. The number of nitrogens with zero attached hydrogens (tertiary/aromatic N) is 2. The van der Waals surface area contributed by atoms with E-state index in [1.807, 2.05) is 6.07 Å². The fourth-order valence-electron chi connectivity index (χ4n) is 4.98. The SMILES string of the molecule is COC(=O)c1ccc2c(c1)N(C(=O)c1c[nH]c(=O)c3cccnc13)CC21CCCC1. The van der Waals surface area contributed by atoms with E-state index >= 15 is 0 Å². The molecule has 3 aromatic rings. The van der Waals surface area contributed by atoms with Gasteiger partial charge >= 0.3 is 5.97 Å². The number of hydrogen-bond donors (Lipinski definition) is 1. The first-order valence-corrected chi connectivity index (χ1v) is 10.1. The molecule has 1 saturated carbocycles. The van der Waals surface area contributed by atoms with Crippen molar-refractivity contribution >= 4 is 28.5 Å². The van der Waals surface area contributed by atoms with Gasteiger partial charge in [0.2, 0.25) is 0 Å². The molecule has 1 fully saturated rings. The smallest absolute Gasteiger partial charge is 0.337 e. The summed E-state index contributed by atoms with van der Waals surface area (Å²) in [5.41, 5.74) is 2.59. The maximum Gasteiger partial charge on any atom is 0.337 e. The number of nitrogens with one attached hydrogen (secondary N) is 1. The molecule has 0 atom stereocenters. The van der Waals surface area contributed by atoms with E-state index in [0.29, 0.717) is 28.6 Å². The molecule has 5 rings (SSSR count). The third-order valence-corrected chi connectivity index (χ3v) is 6.43. The first-order chi connectivity index (χ1) is 14.5. The Hall–Kier alpha value is -3.48. The molecule has 1 amide bonds. The fourth-order valence-corrected chi connectivity index (χ4v) is 4.98. The number of methoxy groups -OCH3 is 1. The Bertz CT molecular complexity index is 1240. The quantitative estimate of drug-likeness (QED) is 0.664. The topological polar surface area (TPSA) is 92.4 Å². The highest BCUT2D eigenvalue weighted by Crippen LogP contribution is 2.51. The predicted molar refractivity (Wildman–Crippen MR) is 112 cm³/mol. The van der Waals surface area contributed by atoms with E-state index in [9.17, 15) is 14.4 Å². The number of rotatable bonds is 2. The second-order valence-corrected chi connectivity index (χ2v) is 8.03. The molecule has 3 heterocycles. The molecule has 0 radical (unpaired) electrons. The molecule has 1 aliphatic carbocycles. The predicted octanol–water partition coefficient (Wildman–Crippen LogP) is 3.18. The molecule has 1 aromatic carbocycles. The van der Waals surface area contributed by atoms with Crippen molar-refractivity contribution in [3.63, 3.8) is 0 Å². The number of esters is 1. The Morgan fingerprint density at radius 2 is 2.00 bits per heavy atom. The van der Waals surface area contributed by atoms with Gasteiger partial charge in [0, 0.05) is 30.0 Å². The molecule has 1 aliphatic heterocycles. The molecule has 2 aliphatic rings. The molecule has 2 aromatic heterocycles. The highest BCUT2D eigenvalue weighted by molar-refractivity contribution is 6.14. The Balaban J connectivity index is 1.66. The van der Waals surface area contributed by atoms with Gasteiger partial charge in [-0.15, -0.1) is 0 Å². The molecule has 0 bridgehead atoms. The highest BCUT2D eigenvalue weighted by atomic mass is 16.5. The van der Waals surface area contributed by atoms with Crippen LogP contribution in [0.25, 0.3) is 10.9 Å². The molecule has 0 saturated heterocycles. The van der Waals surface area contributed by atoms with Gasteiger partial charge < -0.3 is 14.6 Å². The van der Waals surface area contributed by atoms with E-state index in [4.69, 9.17) is 4.74 Å². The lowest BCUT2D eigenvalue weighted by Crippen LogP contribution is -2.36. The summed E-state index contributed by atoms with van der Waals surface area (Å²) in [5.74, 6) is -0.671. The third kappa shape index (κ3) is 2.65. The Labute approximate surface area is 172 Å². The standard InChI is InChI=1S/C23H21N3O4/c1-30-22(29)14-6-7-17-18(11-14)26(13-23(17)8-2-3-9-23)21(28)16-12-25-20(27)15-5-4-10-24-19(15)16/h4-7,10-12H,2-3,8-9,13H2,1H3,(H,25,27). The van der Waals surface area contributed by atoms with E-state index in [0.717, 1.165) is 36.9 Å². The lowest BCUT2D eigenvalue weighted by atomic mass is 9.80. The summed E-state index contributed by atoms with van der Waals surface area (Å²) in [7, 11) is 1.34. The average Bonchev–Trinajstić information content (AvgIpc) is 3.38. The number of fused-ring (bicyclic) bond motifs is 3. The van der Waals surface area contributed by atoms with Gasteiger partial charge in [0.15, 0.2) is 0 Å². The summed E-state index contributed by atoms with van der Waals surface area (Å²) in [5, 5.41) is 0.377. The number of H-pyrrole nitrogens is 1. The van der Waals surface area contributed by atoms with Crippen molar-refractivity contribution in [2.45, 2.75) is 31.1 Å². The number of ether oxygens (including phenoxy) is 1. The number of amides is 1. The third-order valence-electron chi connectivity index (χ3n) is 6.43. The zero-order chi connectivity index (χ0) is 20.9. The van der Waals surface area contributed by atoms with Crippen LogP contribution in [0, 0.1) is 0 Å². The summed E-state index contributed by atoms with van der Waals surface area (Å²) in [6.45, 7) is 0.555. The molecule has 0 unspecified atom stereocenters. The van der Waals surface area contributed by atoms with E-state index in [2.05, 4.69) is 9.97 Å². The van der Waals surface area contributed by atoms with Gasteiger partial charge in [-0.3, -0.25) is 14.6 Å². The van der Waals surface area contributed by atoms with Crippen LogP contribution in [0.15, 0.2) is 47.5 Å². The number of carbonyl (C=O) groups is 2. The van der Waals surface area contributed by atoms with Crippen molar-refractivity contribution in [3.05, 3.63) is 69.8 Å². The number of aromatic nitrogens is 2. The van der Waals surface area contributed by atoms with Crippen LogP contribution in [-0.2, 0) is 10.2 Å². The van der Waals surface area contributed by atoms with Crippen LogP contribution in [0.5, 0.6) is 0 Å². The normalized spacial score (nSPS) is 16.8. The number of benzene rings is 1. The van der Waals surface area contributed by atoms with Gasteiger partial charge in [0.1, 0.15) is 0 Å². The van der Waals surface area contributed by atoms with Crippen LogP contribution in [0.4, 0.5) is 5.69 Å². The number of aromatic amines is 1. The van der Waals surface area contributed by atoms with Gasteiger partial charge in [-0.1, -0.05) is 18.9 Å². The number of carbonyl (C=O) groups excluding carboxylic acids is 2. The van der Waals surface area contributed by atoms with E-state index < -0.39 is 5.97 Å². The van der Waals surface area contributed by atoms with Crippen molar-refractivity contribution in [3.8, 4) is 0 Å². The summed E-state index contributed by atoms with van der Waals surface area (Å²) >= 11 is 0. The molecular weight excluding hydrogens is 382 g/mol. The first kappa shape index (κ1) is 18.5. The minimum absolute atomic E-state index is 0.0922. The van der Waals surface area contributed by atoms with Crippen LogP contribution in [0.3, 0.4) is 0 Å². The van der Waals surface area contributed by atoms with E-state index in [-0.39, 0.29) is 16.9 Å². The maximum atomic E-state index is 13.7. The first-order valence-electron chi connectivity index (χ1n) is 10.1. The van der Waals surface area contributed by atoms with Gasteiger partial charge in [0.25, 0.3) is 11.5 Å². The Kier molecular flexibility index (Phi) is 4.20. The minimum atomic E-state index is -0.436. The zero-order valence-corrected chi connectivity index (χ0v) is 16.6. The van der Waals surface area contributed by atoms with Gasteiger partial charge in [0.05, 0.1) is 29.1 Å². The highest BCUT2D eigenvalue weighted by Gasteiger charge is 2.46. The monoisotopic (exact) mass is 403 g/mol. The minimum Gasteiger partial charge on any atom is -0.465 e. The van der Waals surface area contributed by atoms with Crippen LogP contribution < -0.4 is 10.5 Å². The maximum absolute atomic E-state index is 13.7. The van der Waals surface area contributed by atoms with Gasteiger partial charge in [-0.2, -0.15) is 0 Å². The molecule has 7 nitrogen and oxygen atoms in total. The second-order valence-electron chi connectivity index (χ2n) is 8.03. The summed E-state index contributed by atoms with van der Waals surface area (Å²) in [6, 6.07) is 8.81. The van der Waals surface area contributed by atoms with Crippen molar-refractivity contribution < 1.29 is 14.3 Å². The summed E-state index contributed by atoms with van der Waals surface area (Å²) < 4.78 is 4.87. The fraction of sp³-hybridized carbons (Fsp3) is 0.304. The van der Waals surface area contributed by atoms with Crippen molar-refractivity contribution in [2.75, 3.05) is 18.6 Å². The molecule has 1 N–H and O–H groups in total. The number of pyridine rings is 2. The van der Waals surface area contributed by atoms with Gasteiger partial charge in [-0.05, 0) is 42.7 Å². The molecule has 152 valence electrons. The van der Waals surface area contributed by atoms with Gasteiger partial charge in [-0.25, -0.2) is 4.79 Å². The van der Waals surface area contributed by atoms with E-state index in [1.54, 1.807) is 35.4 Å². The molecular formula is C23H21N3O4. The zero-order valence-electron chi connectivity index (χ0n) is 16.6. The van der Waals surface area contributed by atoms with Crippen LogP contribution >= 0.6 is 0 Å². The van der Waals surface area contributed by atoms with Crippen molar-refractivity contribution in [1.82, 2.24) is 9.97 Å². The average molecular weight is 403 g/mol. The summed E-state index contributed by atoms with van der Waals surface area (Å²) in [6.07, 6.45) is 7.25. The Morgan fingerprint density at radius 3 is 2.77 bits per heavy atom. The van der Waals surface area contributed by atoms with Crippen LogP contribution in [-0.4, -0.2) is 35.5 Å². The van der Waals surface area contributed by atoms with Crippen molar-refractivity contribution in [1.29, 1.82) is 0 Å². The number of hydrogen-bond acceptors (Lipinski definition) is 5. The van der Waals surface area contributed by atoms with E-state index in [1.165, 1.54) is 13.3 Å². The lowest BCUT2D eigenvalue weighted by molar-refractivity contribution is 0.0600. The molecule has 1 spiro atoms. The Morgan fingerprint density at radius 1 is 1.20 bits per heavy atom. The van der Waals surface area contributed by atoms with Crippen LogP contribution in [0.1, 0.15) is 52.0 Å². The van der Waals surface area contributed by atoms with Crippen LogP contribution in [0.2, 0.25) is 0 Å². The number of anilines is 1. The van der Waals surface area contributed by atoms with Crippen molar-refractivity contribution in [2.24, 2.45) is 0 Å². The summed E-state index contributed by atoms with van der Waals surface area (Å²) in [4.78, 5) is 46.6. The largest absolute Gasteiger partial charge is 0.465 e. The lowest BCUT2D eigenvalue weighted by Gasteiger charge is -2.24.